The SMILES string of the molecule is COC(=O)Cc1nc(Cl)sc1Cl. The second kappa shape index (κ2) is 4.07. The Kier molecular flexibility index (Phi) is 3.31. The fourth-order valence-electron chi connectivity index (χ4n) is 0.624. The summed E-state index contributed by atoms with van der Waals surface area (Å²) in [5.41, 5.74) is 0.471. The van der Waals surface area contributed by atoms with Gasteiger partial charge in [-0.2, -0.15) is 0 Å². The van der Waals surface area contributed by atoms with E-state index in [0.717, 1.165) is 11.3 Å². The van der Waals surface area contributed by atoms with Crippen LogP contribution >= 0.6 is 34.5 Å². The van der Waals surface area contributed by atoms with Crippen LogP contribution in [0.3, 0.4) is 0 Å². The molecule has 0 aliphatic rings. The number of esters is 1. The third-order valence-corrected chi connectivity index (χ3v) is 2.60. The summed E-state index contributed by atoms with van der Waals surface area (Å²) in [5.74, 6) is -0.376. The summed E-state index contributed by atoms with van der Waals surface area (Å²) in [6.45, 7) is 0. The molecular formula is C6H5Cl2NO2S. The van der Waals surface area contributed by atoms with Crippen molar-refractivity contribution in [2.24, 2.45) is 0 Å². The van der Waals surface area contributed by atoms with Gasteiger partial charge in [-0.25, -0.2) is 4.98 Å². The molecule has 1 heterocycles. The molecule has 0 radical (unpaired) electrons. The van der Waals surface area contributed by atoms with Crippen molar-refractivity contribution in [3.63, 3.8) is 0 Å². The van der Waals surface area contributed by atoms with Crippen molar-refractivity contribution in [2.45, 2.75) is 6.42 Å². The molecule has 0 aromatic carbocycles. The summed E-state index contributed by atoms with van der Waals surface area (Å²) in [4.78, 5) is 14.6. The first-order chi connectivity index (χ1) is 5.63. The number of ether oxygens (including phenoxy) is 1. The van der Waals surface area contributed by atoms with Gasteiger partial charge in [0.15, 0.2) is 4.47 Å². The van der Waals surface area contributed by atoms with Gasteiger partial charge in [0, 0.05) is 0 Å². The van der Waals surface area contributed by atoms with Gasteiger partial charge in [-0.05, 0) is 0 Å². The van der Waals surface area contributed by atoms with Crippen molar-refractivity contribution in [2.75, 3.05) is 7.11 Å². The van der Waals surface area contributed by atoms with Crippen LogP contribution in [0.15, 0.2) is 0 Å². The molecule has 1 aromatic heterocycles. The van der Waals surface area contributed by atoms with Crippen molar-refractivity contribution in [1.82, 2.24) is 4.98 Å². The Balaban J connectivity index is 2.75. The highest BCUT2D eigenvalue weighted by Gasteiger charge is 2.11. The van der Waals surface area contributed by atoms with E-state index in [2.05, 4.69) is 9.72 Å². The van der Waals surface area contributed by atoms with E-state index in [-0.39, 0.29) is 12.4 Å². The molecule has 0 aliphatic heterocycles. The number of nitrogens with zero attached hydrogens (tertiary/aromatic N) is 1. The molecule has 0 saturated heterocycles. The van der Waals surface area contributed by atoms with E-state index in [4.69, 9.17) is 23.2 Å². The van der Waals surface area contributed by atoms with Crippen molar-refractivity contribution in [1.29, 1.82) is 0 Å². The van der Waals surface area contributed by atoms with Crippen LogP contribution in [0.25, 0.3) is 0 Å². The van der Waals surface area contributed by atoms with Crippen LogP contribution in [0, 0.1) is 0 Å². The first kappa shape index (κ1) is 9.77. The Hall–Kier alpha value is -0.320. The molecule has 0 aliphatic carbocycles. The zero-order valence-corrected chi connectivity index (χ0v) is 8.46. The number of thiazole rings is 1. The summed E-state index contributed by atoms with van der Waals surface area (Å²) in [6.07, 6.45) is 0.0680. The van der Waals surface area contributed by atoms with Crippen LogP contribution in [0.2, 0.25) is 8.80 Å². The van der Waals surface area contributed by atoms with Crippen LogP contribution in [0.4, 0.5) is 0 Å². The largest absolute Gasteiger partial charge is 0.469 e. The van der Waals surface area contributed by atoms with Gasteiger partial charge < -0.3 is 4.74 Å². The maximum atomic E-state index is 10.8. The van der Waals surface area contributed by atoms with Crippen molar-refractivity contribution < 1.29 is 9.53 Å². The Morgan fingerprint density at radius 1 is 1.67 bits per heavy atom. The number of carbonyl (C=O) groups excluding carboxylic acids is 1. The molecule has 0 amide bonds. The fraction of sp³-hybridized carbons (Fsp3) is 0.333. The summed E-state index contributed by atoms with van der Waals surface area (Å²) < 4.78 is 5.21. The number of carbonyl (C=O) groups is 1. The van der Waals surface area contributed by atoms with Gasteiger partial charge in [-0.15, -0.1) is 0 Å². The minimum atomic E-state index is -0.376. The standard InChI is InChI=1S/C6H5Cl2NO2S/c1-11-4(10)2-3-5(7)12-6(8)9-3/h2H2,1H3. The number of rotatable bonds is 2. The molecule has 1 rings (SSSR count). The van der Waals surface area contributed by atoms with Crippen molar-refractivity contribution in [3.05, 3.63) is 14.5 Å². The topological polar surface area (TPSA) is 39.2 Å². The Labute approximate surface area is 83.3 Å². The molecule has 0 fully saturated rings. The average molecular weight is 226 g/mol. The van der Waals surface area contributed by atoms with Crippen LogP contribution < -0.4 is 0 Å². The van der Waals surface area contributed by atoms with E-state index in [1.54, 1.807) is 0 Å². The monoisotopic (exact) mass is 225 g/mol. The molecule has 0 saturated carbocycles. The summed E-state index contributed by atoms with van der Waals surface area (Å²) in [7, 11) is 1.31. The van der Waals surface area contributed by atoms with E-state index in [9.17, 15) is 4.79 Å². The van der Waals surface area contributed by atoms with Crippen molar-refractivity contribution >= 4 is 40.5 Å². The molecule has 66 valence electrons. The summed E-state index contributed by atoms with van der Waals surface area (Å²) in [6, 6.07) is 0. The van der Waals surface area contributed by atoms with Gasteiger partial charge in [-0.3, -0.25) is 4.79 Å². The first-order valence-corrected chi connectivity index (χ1v) is 4.58. The number of halogens is 2. The lowest BCUT2D eigenvalue weighted by atomic mass is 10.3. The van der Waals surface area contributed by atoms with Gasteiger partial charge in [0.25, 0.3) is 0 Å². The minimum Gasteiger partial charge on any atom is -0.469 e. The highest BCUT2D eigenvalue weighted by molar-refractivity contribution is 7.19. The van der Waals surface area contributed by atoms with Gasteiger partial charge in [0.1, 0.15) is 4.34 Å². The lowest BCUT2D eigenvalue weighted by Gasteiger charge is -1.94. The van der Waals surface area contributed by atoms with E-state index in [1.807, 2.05) is 0 Å². The number of aromatic nitrogens is 1. The van der Waals surface area contributed by atoms with Crippen molar-refractivity contribution in [3.8, 4) is 0 Å². The number of hydrogen-bond donors (Lipinski definition) is 0. The highest BCUT2D eigenvalue weighted by Crippen LogP contribution is 2.27. The third kappa shape index (κ3) is 2.33. The zero-order chi connectivity index (χ0) is 9.14. The lowest BCUT2D eigenvalue weighted by Crippen LogP contribution is -2.04. The maximum absolute atomic E-state index is 10.8. The maximum Gasteiger partial charge on any atom is 0.311 e. The Morgan fingerprint density at radius 2 is 2.33 bits per heavy atom. The molecule has 12 heavy (non-hydrogen) atoms. The highest BCUT2D eigenvalue weighted by atomic mass is 35.5. The fourth-order valence-corrected chi connectivity index (χ4v) is 1.94. The molecule has 0 spiro atoms. The van der Waals surface area contributed by atoms with Crippen LogP contribution in [-0.4, -0.2) is 18.1 Å². The average Bonchev–Trinajstić information content (AvgIpc) is 2.30. The lowest BCUT2D eigenvalue weighted by molar-refractivity contribution is -0.139. The van der Waals surface area contributed by atoms with E-state index >= 15 is 0 Å². The predicted molar refractivity (Wildman–Crippen MR) is 47.9 cm³/mol. The zero-order valence-electron chi connectivity index (χ0n) is 6.13. The van der Waals surface area contributed by atoms with Gasteiger partial charge in [-0.1, -0.05) is 34.5 Å². The second-order valence-electron chi connectivity index (χ2n) is 1.94. The summed E-state index contributed by atoms with van der Waals surface area (Å²) >= 11 is 12.4. The second-order valence-corrected chi connectivity index (χ2v) is 4.12. The van der Waals surface area contributed by atoms with Crippen LogP contribution in [0.1, 0.15) is 5.69 Å². The smallest absolute Gasteiger partial charge is 0.311 e. The van der Waals surface area contributed by atoms with E-state index < -0.39 is 0 Å². The van der Waals surface area contributed by atoms with E-state index in [1.165, 1.54) is 7.11 Å². The van der Waals surface area contributed by atoms with Gasteiger partial charge in [0.05, 0.1) is 19.2 Å². The molecule has 6 heteroatoms. The number of methoxy groups -OCH3 is 1. The van der Waals surface area contributed by atoms with Crippen LogP contribution in [0.5, 0.6) is 0 Å². The molecule has 1 aromatic rings. The predicted octanol–water partition coefficient (Wildman–Crippen LogP) is 2.17. The Bertz CT molecular complexity index is 300. The van der Waals surface area contributed by atoms with E-state index in [0.29, 0.717) is 14.5 Å². The Morgan fingerprint density at radius 3 is 2.75 bits per heavy atom. The molecular weight excluding hydrogens is 221 g/mol. The quantitative estimate of drug-likeness (QED) is 0.725. The third-order valence-electron chi connectivity index (χ3n) is 1.16. The molecule has 0 unspecified atom stereocenters. The molecule has 0 bridgehead atoms. The number of hydrogen-bond acceptors (Lipinski definition) is 4. The molecule has 3 nitrogen and oxygen atoms in total. The first-order valence-electron chi connectivity index (χ1n) is 3.01. The minimum absolute atomic E-state index is 0.0680. The van der Waals surface area contributed by atoms with Crippen LogP contribution in [-0.2, 0) is 16.0 Å². The molecule has 0 N–H and O–H groups in total. The normalized spacial score (nSPS) is 9.92. The molecule has 0 atom stereocenters. The summed E-state index contributed by atoms with van der Waals surface area (Å²) in [5, 5.41) is 0. The van der Waals surface area contributed by atoms with Gasteiger partial charge >= 0.3 is 5.97 Å². The van der Waals surface area contributed by atoms with Gasteiger partial charge in [0.2, 0.25) is 0 Å².